The smallest absolute Gasteiger partial charge is 0.256 e. The minimum atomic E-state index is -0.474. The highest BCUT2D eigenvalue weighted by Crippen LogP contribution is 2.40. The Morgan fingerprint density at radius 2 is 2.05 bits per heavy atom. The molecule has 0 saturated carbocycles. The minimum Gasteiger partial charge on any atom is -0.504 e. The van der Waals surface area contributed by atoms with Gasteiger partial charge in [0, 0.05) is 10.4 Å². The van der Waals surface area contributed by atoms with Gasteiger partial charge in [-0.1, -0.05) is 12.1 Å². The summed E-state index contributed by atoms with van der Waals surface area (Å²) in [4.78, 5) is 13.4. The third-order valence-corrected chi connectivity index (χ3v) is 4.86. The number of carbonyl (C=O) groups is 1. The SMILES string of the molecule is COc1cccc(C2NC(=O)c3c(sc(C)c3C)N2)c1O. The first-order valence-electron chi connectivity index (χ1n) is 6.56. The Morgan fingerprint density at radius 3 is 2.76 bits per heavy atom. The monoisotopic (exact) mass is 304 g/mol. The number of benzene rings is 1. The lowest BCUT2D eigenvalue weighted by Gasteiger charge is -2.27. The summed E-state index contributed by atoms with van der Waals surface area (Å²) in [5, 5.41) is 17.2. The average Bonchev–Trinajstić information content (AvgIpc) is 2.74. The van der Waals surface area contributed by atoms with Crippen molar-refractivity contribution in [2.45, 2.75) is 20.0 Å². The van der Waals surface area contributed by atoms with Crippen LogP contribution < -0.4 is 15.4 Å². The standard InChI is InChI=1S/C15H16N2O3S/c1-7-8(2)21-15-11(7)14(19)16-13(17-15)9-5-4-6-10(20-3)12(9)18/h4-6,13,17-18H,1-3H3,(H,16,19). The van der Waals surface area contributed by atoms with E-state index >= 15 is 0 Å². The van der Waals surface area contributed by atoms with Gasteiger partial charge in [-0.25, -0.2) is 0 Å². The number of hydrogen-bond acceptors (Lipinski definition) is 5. The average molecular weight is 304 g/mol. The number of aryl methyl sites for hydroxylation is 1. The van der Waals surface area contributed by atoms with E-state index in [1.165, 1.54) is 7.11 Å². The molecule has 110 valence electrons. The number of thiophene rings is 1. The van der Waals surface area contributed by atoms with Crippen LogP contribution in [0.1, 0.15) is 32.5 Å². The van der Waals surface area contributed by atoms with Crippen molar-refractivity contribution in [3.8, 4) is 11.5 Å². The largest absolute Gasteiger partial charge is 0.504 e. The Labute approximate surface area is 126 Å². The molecule has 1 unspecified atom stereocenters. The summed E-state index contributed by atoms with van der Waals surface area (Å²) in [5.74, 6) is 0.289. The van der Waals surface area contributed by atoms with Crippen molar-refractivity contribution in [1.82, 2.24) is 5.32 Å². The third kappa shape index (κ3) is 2.12. The number of phenols is 1. The zero-order valence-corrected chi connectivity index (χ0v) is 12.8. The number of anilines is 1. The van der Waals surface area contributed by atoms with Crippen LogP contribution in [0.25, 0.3) is 0 Å². The molecular weight excluding hydrogens is 288 g/mol. The molecule has 3 rings (SSSR count). The van der Waals surface area contributed by atoms with E-state index in [0.29, 0.717) is 16.9 Å². The molecule has 5 nitrogen and oxygen atoms in total. The Bertz CT molecular complexity index is 724. The van der Waals surface area contributed by atoms with Crippen LogP contribution in [0.4, 0.5) is 5.00 Å². The van der Waals surface area contributed by atoms with Gasteiger partial charge in [0.15, 0.2) is 11.5 Å². The summed E-state index contributed by atoms with van der Waals surface area (Å²) in [6.45, 7) is 3.93. The number of phenolic OH excluding ortho intramolecular Hbond substituents is 1. The van der Waals surface area contributed by atoms with Crippen molar-refractivity contribution in [3.63, 3.8) is 0 Å². The number of aromatic hydroxyl groups is 1. The van der Waals surface area contributed by atoms with Crippen LogP contribution in [-0.2, 0) is 0 Å². The number of nitrogens with one attached hydrogen (secondary N) is 2. The van der Waals surface area contributed by atoms with Crippen molar-refractivity contribution < 1.29 is 14.6 Å². The molecule has 1 amide bonds. The summed E-state index contributed by atoms with van der Waals surface area (Å²) in [6.07, 6.45) is -0.474. The Morgan fingerprint density at radius 1 is 1.29 bits per heavy atom. The van der Waals surface area contributed by atoms with Crippen molar-refractivity contribution in [2.75, 3.05) is 12.4 Å². The minimum absolute atomic E-state index is 0.0336. The Hall–Kier alpha value is -2.21. The van der Waals surface area contributed by atoms with Gasteiger partial charge >= 0.3 is 0 Å². The molecule has 1 aliphatic heterocycles. The van der Waals surface area contributed by atoms with Crippen molar-refractivity contribution in [2.24, 2.45) is 0 Å². The molecular formula is C15H16N2O3S. The van der Waals surface area contributed by atoms with E-state index in [0.717, 1.165) is 15.4 Å². The zero-order chi connectivity index (χ0) is 15.1. The number of hydrogen-bond donors (Lipinski definition) is 3. The van der Waals surface area contributed by atoms with Crippen LogP contribution in [0.15, 0.2) is 18.2 Å². The molecule has 0 saturated heterocycles. The lowest BCUT2D eigenvalue weighted by Crippen LogP contribution is -2.38. The van der Waals surface area contributed by atoms with Crippen LogP contribution in [-0.4, -0.2) is 18.1 Å². The van der Waals surface area contributed by atoms with E-state index in [-0.39, 0.29) is 11.7 Å². The summed E-state index contributed by atoms with van der Waals surface area (Å²) in [5.41, 5.74) is 2.27. The highest BCUT2D eigenvalue weighted by Gasteiger charge is 2.30. The fourth-order valence-corrected chi connectivity index (χ4v) is 3.55. The van der Waals surface area contributed by atoms with E-state index < -0.39 is 6.17 Å². The lowest BCUT2D eigenvalue weighted by atomic mass is 10.1. The highest BCUT2D eigenvalue weighted by atomic mass is 32.1. The quantitative estimate of drug-likeness (QED) is 0.798. The molecule has 0 aliphatic carbocycles. The lowest BCUT2D eigenvalue weighted by molar-refractivity contribution is 0.0935. The van der Waals surface area contributed by atoms with E-state index in [9.17, 15) is 9.90 Å². The number of carbonyl (C=O) groups excluding carboxylic acids is 1. The van der Waals surface area contributed by atoms with Crippen molar-refractivity contribution in [3.05, 3.63) is 39.8 Å². The van der Waals surface area contributed by atoms with Crippen molar-refractivity contribution >= 4 is 22.2 Å². The van der Waals surface area contributed by atoms with Crippen LogP contribution in [0.5, 0.6) is 11.5 Å². The summed E-state index contributed by atoms with van der Waals surface area (Å²) < 4.78 is 5.11. The second-order valence-corrected chi connectivity index (χ2v) is 6.16. The van der Waals surface area contributed by atoms with E-state index in [1.54, 1.807) is 29.5 Å². The topological polar surface area (TPSA) is 70.6 Å². The molecule has 21 heavy (non-hydrogen) atoms. The first-order valence-corrected chi connectivity index (χ1v) is 7.37. The number of para-hydroxylation sites is 1. The van der Waals surface area contributed by atoms with E-state index in [1.807, 2.05) is 13.8 Å². The number of rotatable bonds is 2. The highest BCUT2D eigenvalue weighted by molar-refractivity contribution is 7.16. The van der Waals surface area contributed by atoms with Crippen molar-refractivity contribution in [1.29, 1.82) is 0 Å². The van der Waals surface area contributed by atoms with Gasteiger partial charge in [0.2, 0.25) is 0 Å². The molecule has 0 spiro atoms. The molecule has 1 aromatic heterocycles. The number of methoxy groups -OCH3 is 1. The molecule has 2 aromatic rings. The van der Waals surface area contributed by atoms with Crippen LogP contribution in [0.3, 0.4) is 0 Å². The van der Waals surface area contributed by atoms with E-state index in [2.05, 4.69) is 10.6 Å². The van der Waals surface area contributed by atoms with Crippen LogP contribution >= 0.6 is 11.3 Å². The predicted molar refractivity (Wildman–Crippen MR) is 82.3 cm³/mol. The molecule has 0 bridgehead atoms. The Balaban J connectivity index is 2.02. The number of amides is 1. The van der Waals surface area contributed by atoms with E-state index in [4.69, 9.17) is 4.74 Å². The fourth-order valence-electron chi connectivity index (χ4n) is 2.46. The third-order valence-electron chi connectivity index (χ3n) is 3.72. The fraction of sp³-hybridized carbons (Fsp3) is 0.267. The molecule has 1 aromatic carbocycles. The summed E-state index contributed by atoms with van der Waals surface area (Å²) in [7, 11) is 1.50. The van der Waals surface area contributed by atoms with Gasteiger partial charge in [-0.2, -0.15) is 0 Å². The maximum Gasteiger partial charge on any atom is 0.256 e. The molecule has 3 N–H and O–H groups in total. The number of fused-ring (bicyclic) bond motifs is 1. The number of ether oxygens (including phenoxy) is 1. The van der Waals surface area contributed by atoms with Gasteiger partial charge in [-0.05, 0) is 25.5 Å². The maximum atomic E-state index is 12.3. The second-order valence-electron chi connectivity index (χ2n) is 4.94. The van der Waals surface area contributed by atoms with Gasteiger partial charge in [0.05, 0.1) is 12.7 Å². The predicted octanol–water partition coefficient (Wildman–Crippen LogP) is 2.93. The van der Waals surface area contributed by atoms with Gasteiger partial charge in [-0.15, -0.1) is 11.3 Å². The van der Waals surface area contributed by atoms with Crippen LogP contribution in [0, 0.1) is 13.8 Å². The molecule has 2 heterocycles. The van der Waals surface area contributed by atoms with Gasteiger partial charge < -0.3 is 20.5 Å². The zero-order valence-electron chi connectivity index (χ0n) is 12.0. The van der Waals surface area contributed by atoms with Gasteiger partial charge in [-0.3, -0.25) is 4.79 Å². The first kappa shape index (κ1) is 13.8. The molecule has 0 radical (unpaired) electrons. The molecule has 1 aliphatic rings. The second kappa shape index (κ2) is 4.96. The first-order chi connectivity index (χ1) is 10.0. The molecule has 1 atom stereocenters. The maximum absolute atomic E-state index is 12.3. The van der Waals surface area contributed by atoms with Gasteiger partial charge in [0.1, 0.15) is 11.2 Å². The normalized spacial score (nSPS) is 16.9. The van der Waals surface area contributed by atoms with Crippen LogP contribution in [0.2, 0.25) is 0 Å². The molecule has 0 fully saturated rings. The van der Waals surface area contributed by atoms with Gasteiger partial charge in [0.25, 0.3) is 5.91 Å². The molecule has 6 heteroatoms. The summed E-state index contributed by atoms with van der Waals surface area (Å²) in [6, 6.07) is 5.21. The Kier molecular flexibility index (Phi) is 3.25. The summed E-state index contributed by atoms with van der Waals surface area (Å²) >= 11 is 1.55.